The van der Waals surface area contributed by atoms with Crippen molar-refractivity contribution >= 4 is 9.76 Å². The number of unbranched alkanes of at least 4 members (excludes halogenated alkanes) is 8. The van der Waals surface area contributed by atoms with Gasteiger partial charge in [0.05, 0.1) is 6.61 Å². The van der Waals surface area contributed by atoms with Gasteiger partial charge in [-0.05, 0) is 17.5 Å². The maximum Gasteiger partial charge on any atom is 0.244 e. The van der Waals surface area contributed by atoms with E-state index in [0.717, 1.165) is 6.42 Å². The Hall–Kier alpha value is -1.82. The number of rotatable bonds is 13. The van der Waals surface area contributed by atoms with E-state index in [4.69, 9.17) is 4.43 Å². The van der Waals surface area contributed by atoms with Gasteiger partial charge in [0.1, 0.15) is 0 Å². The van der Waals surface area contributed by atoms with Crippen molar-refractivity contribution in [2.24, 2.45) is 0 Å². The van der Waals surface area contributed by atoms with Gasteiger partial charge in [-0.1, -0.05) is 118 Å². The fourth-order valence-corrected chi connectivity index (χ4v) is 4.25. The average molecular weight is 391 g/mol. The molecule has 0 fully saturated rings. The van der Waals surface area contributed by atoms with Crippen molar-refractivity contribution in [3.63, 3.8) is 0 Å². The van der Waals surface area contributed by atoms with Crippen molar-refractivity contribution in [1.29, 1.82) is 0 Å². The summed E-state index contributed by atoms with van der Waals surface area (Å²) in [7, 11) is 0.387. The van der Waals surface area contributed by atoms with Gasteiger partial charge in [-0.15, -0.1) is 5.92 Å². The molecule has 2 rings (SSSR count). The molecule has 0 atom stereocenters. The molecule has 0 aromatic heterocycles. The highest BCUT2D eigenvalue weighted by molar-refractivity contribution is 6.31. The van der Waals surface area contributed by atoms with Crippen LogP contribution in [0.4, 0.5) is 0 Å². The van der Waals surface area contributed by atoms with Gasteiger partial charge >= 0.3 is 0 Å². The number of benzene rings is 2. The first-order valence-electron chi connectivity index (χ1n) is 10.8. The Labute approximate surface area is 174 Å². The molecular weight excluding hydrogens is 356 g/mol. The third kappa shape index (κ3) is 9.40. The predicted octanol–water partition coefficient (Wildman–Crippen LogP) is 6.95. The van der Waals surface area contributed by atoms with Gasteiger partial charge in [-0.25, -0.2) is 0 Å². The minimum Gasteiger partial charge on any atom is -0.406 e. The van der Waals surface area contributed by atoms with E-state index < -0.39 is 0 Å². The second kappa shape index (κ2) is 15.1. The predicted molar refractivity (Wildman–Crippen MR) is 121 cm³/mol. The van der Waals surface area contributed by atoms with E-state index in [-0.39, 0.29) is 5.54 Å². The fraction of sp³-hybridized carbons (Fsp3) is 0.462. The summed E-state index contributed by atoms with van der Waals surface area (Å²) in [6.07, 6.45) is 11.8. The molecule has 0 aliphatic rings. The van der Waals surface area contributed by atoms with Crippen LogP contribution in [-0.2, 0) is 4.43 Å². The summed E-state index contributed by atoms with van der Waals surface area (Å²) in [4.78, 5) is 0. The smallest absolute Gasteiger partial charge is 0.244 e. The first-order valence-corrected chi connectivity index (χ1v) is 11.8. The maximum atomic E-state index is 5.94. The van der Waals surface area contributed by atoms with E-state index in [1.165, 1.54) is 62.5 Å². The summed E-state index contributed by atoms with van der Waals surface area (Å²) in [6, 6.07) is 21.2. The molecule has 148 valence electrons. The summed E-state index contributed by atoms with van der Waals surface area (Å²) in [6.45, 7) is 2.80. The molecule has 2 aromatic carbocycles. The lowest BCUT2D eigenvalue weighted by atomic mass is 10.0. The second-order valence-corrected chi connectivity index (χ2v) is 8.34. The molecule has 0 heterocycles. The van der Waals surface area contributed by atoms with Crippen LogP contribution in [0.15, 0.2) is 60.7 Å². The van der Waals surface area contributed by atoms with Crippen molar-refractivity contribution in [3.8, 4) is 11.8 Å². The first-order chi connectivity index (χ1) is 13.9. The van der Waals surface area contributed by atoms with Crippen LogP contribution >= 0.6 is 0 Å². The van der Waals surface area contributed by atoms with Crippen LogP contribution in [0.1, 0.15) is 81.4 Å². The summed E-state index contributed by atoms with van der Waals surface area (Å²) >= 11 is 0. The molecule has 0 aliphatic heterocycles. The van der Waals surface area contributed by atoms with E-state index in [0.29, 0.717) is 16.4 Å². The van der Waals surface area contributed by atoms with Gasteiger partial charge in [0.2, 0.25) is 9.76 Å². The standard InChI is InChI=1S/C26H34OSi/c1-2-3-4-5-6-7-8-9-10-11-18-23-27-28-26(24-19-14-12-15-20-24)25-21-16-13-17-22-25/h12-17,19-22,26H,2-10,23H2,1H3. The zero-order chi connectivity index (χ0) is 19.7. The third-order valence-corrected chi connectivity index (χ3v) is 6.11. The lowest BCUT2D eigenvalue weighted by Crippen LogP contribution is -2.13. The van der Waals surface area contributed by atoms with Crippen LogP contribution in [-0.4, -0.2) is 16.4 Å². The summed E-state index contributed by atoms with van der Waals surface area (Å²) in [5.74, 6) is 6.48. The van der Waals surface area contributed by atoms with Crippen molar-refractivity contribution in [1.82, 2.24) is 0 Å². The Morgan fingerprint density at radius 3 is 1.82 bits per heavy atom. The number of hydrogen-bond acceptors (Lipinski definition) is 1. The molecule has 2 radical (unpaired) electrons. The van der Waals surface area contributed by atoms with Gasteiger partial charge in [0, 0.05) is 12.0 Å². The van der Waals surface area contributed by atoms with E-state index in [1.807, 2.05) is 0 Å². The quantitative estimate of drug-likeness (QED) is 0.204. The largest absolute Gasteiger partial charge is 0.406 e. The zero-order valence-electron chi connectivity index (χ0n) is 17.3. The molecule has 0 saturated heterocycles. The Balaban J connectivity index is 1.64. The maximum absolute atomic E-state index is 5.94. The topological polar surface area (TPSA) is 9.23 Å². The lowest BCUT2D eigenvalue weighted by Gasteiger charge is -2.16. The highest BCUT2D eigenvalue weighted by Gasteiger charge is 2.15. The molecule has 1 nitrogen and oxygen atoms in total. The average Bonchev–Trinajstić information content (AvgIpc) is 2.75. The van der Waals surface area contributed by atoms with Crippen LogP contribution in [0.2, 0.25) is 0 Å². The van der Waals surface area contributed by atoms with E-state index in [1.54, 1.807) is 0 Å². The Morgan fingerprint density at radius 2 is 1.25 bits per heavy atom. The third-order valence-electron chi connectivity index (χ3n) is 4.89. The van der Waals surface area contributed by atoms with Crippen molar-refractivity contribution in [3.05, 3.63) is 71.8 Å². The Kier molecular flexibility index (Phi) is 12.1. The summed E-state index contributed by atoms with van der Waals surface area (Å²) in [5.41, 5.74) is 2.90. The van der Waals surface area contributed by atoms with Crippen LogP contribution in [0.5, 0.6) is 0 Å². The minimum atomic E-state index is 0.289. The number of hydrogen-bond donors (Lipinski definition) is 0. The van der Waals surface area contributed by atoms with Crippen LogP contribution < -0.4 is 0 Å². The summed E-state index contributed by atoms with van der Waals surface area (Å²) < 4.78 is 5.94. The molecule has 2 heteroatoms. The van der Waals surface area contributed by atoms with E-state index >= 15 is 0 Å². The Bertz CT molecular complexity index is 632. The van der Waals surface area contributed by atoms with Crippen LogP contribution in [0, 0.1) is 11.8 Å². The normalized spacial score (nSPS) is 10.6. The second-order valence-electron chi connectivity index (χ2n) is 7.24. The molecule has 0 saturated carbocycles. The van der Waals surface area contributed by atoms with Crippen molar-refractivity contribution < 1.29 is 4.43 Å². The molecule has 0 spiro atoms. The van der Waals surface area contributed by atoms with E-state index in [2.05, 4.69) is 79.4 Å². The highest BCUT2D eigenvalue weighted by Crippen LogP contribution is 2.23. The van der Waals surface area contributed by atoms with Gasteiger partial charge < -0.3 is 4.43 Å². The SMILES string of the molecule is CCCCCCCCCCC#CCO[Si]C(c1ccccc1)c1ccccc1. The molecule has 2 aromatic rings. The molecule has 28 heavy (non-hydrogen) atoms. The molecule has 0 aliphatic carbocycles. The van der Waals surface area contributed by atoms with Crippen molar-refractivity contribution in [2.45, 2.75) is 70.3 Å². The molecule has 0 N–H and O–H groups in total. The van der Waals surface area contributed by atoms with Gasteiger partial charge in [0.15, 0.2) is 0 Å². The van der Waals surface area contributed by atoms with Gasteiger partial charge in [-0.2, -0.15) is 0 Å². The van der Waals surface area contributed by atoms with E-state index in [9.17, 15) is 0 Å². The Morgan fingerprint density at radius 1 is 0.714 bits per heavy atom. The van der Waals surface area contributed by atoms with Crippen molar-refractivity contribution in [2.75, 3.05) is 6.61 Å². The molecule has 0 unspecified atom stereocenters. The monoisotopic (exact) mass is 390 g/mol. The first kappa shape index (κ1) is 22.5. The zero-order valence-corrected chi connectivity index (χ0v) is 18.3. The summed E-state index contributed by atoms with van der Waals surface area (Å²) in [5, 5.41) is 0. The lowest BCUT2D eigenvalue weighted by molar-refractivity contribution is 0.388. The molecular formula is C26H34OSi. The molecule has 0 amide bonds. The highest BCUT2D eigenvalue weighted by atomic mass is 28.2. The minimum absolute atomic E-state index is 0.289. The van der Waals surface area contributed by atoms with Crippen LogP contribution in [0.3, 0.4) is 0 Å². The van der Waals surface area contributed by atoms with Crippen LogP contribution in [0.25, 0.3) is 0 Å². The van der Waals surface area contributed by atoms with Gasteiger partial charge in [-0.3, -0.25) is 0 Å². The van der Waals surface area contributed by atoms with Gasteiger partial charge in [0.25, 0.3) is 0 Å². The fourth-order valence-electron chi connectivity index (χ4n) is 3.27. The molecule has 0 bridgehead atoms.